The molecule has 1 atom stereocenters. The molecule has 31 heavy (non-hydrogen) atoms. The molecule has 0 aliphatic heterocycles. The number of anilines is 1. The Bertz CT molecular complexity index is 1140. The quantitative estimate of drug-likeness (QED) is 0.469. The molecule has 0 aliphatic carbocycles. The summed E-state index contributed by atoms with van der Waals surface area (Å²) in [5.41, 5.74) is 1.22. The maximum atomic E-state index is 12.8. The second kappa shape index (κ2) is 9.90. The minimum absolute atomic E-state index is 0.122. The molecule has 3 aromatic rings. The predicted octanol–water partition coefficient (Wildman–Crippen LogP) is 2.66. The summed E-state index contributed by atoms with van der Waals surface area (Å²) in [6, 6.07) is 8.74. The van der Waals surface area contributed by atoms with E-state index in [1.165, 1.54) is 42.9 Å². The maximum Gasteiger partial charge on any atom is 0.242 e. The molecule has 0 saturated carbocycles. The Hall–Kier alpha value is -2.28. The second-order valence-electron chi connectivity index (χ2n) is 7.03. The van der Waals surface area contributed by atoms with Crippen LogP contribution in [0.2, 0.25) is 0 Å². The van der Waals surface area contributed by atoms with Gasteiger partial charge in [-0.15, -0.1) is 16.4 Å². The van der Waals surface area contributed by atoms with Gasteiger partial charge >= 0.3 is 0 Å². The lowest BCUT2D eigenvalue weighted by Gasteiger charge is -2.16. The first-order valence-electron chi connectivity index (χ1n) is 9.47. The molecule has 1 aromatic carbocycles. The SMILES string of the molecule is Cc1ccc(S(=O)(=O)N(C)C)cc1NC(=O)C(C)Sc1nnnn1CCc1cccs1. The number of thioether (sulfide) groups is 1. The molecule has 0 spiro atoms. The van der Waals surface area contributed by atoms with Gasteiger partial charge in [-0.1, -0.05) is 23.9 Å². The Morgan fingerprint density at radius 1 is 1.32 bits per heavy atom. The number of nitrogens with zero attached hydrogens (tertiary/aromatic N) is 5. The van der Waals surface area contributed by atoms with Gasteiger partial charge in [-0.2, -0.15) is 0 Å². The summed E-state index contributed by atoms with van der Waals surface area (Å²) in [5.74, 6) is -0.264. The number of aromatic nitrogens is 4. The van der Waals surface area contributed by atoms with Crippen molar-refractivity contribution in [2.24, 2.45) is 0 Å². The van der Waals surface area contributed by atoms with Crippen molar-refractivity contribution in [1.29, 1.82) is 0 Å². The number of hydrogen-bond donors (Lipinski definition) is 1. The fourth-order valence-corrected chi connectivity index (χ4v) is 5.09. The zero-order valence-corrected chi connectivity index (χ0v) is 20.1. The third kappa shape index (κ3) is 5.70. The average Bonchev–Trinajstić information content (AvgIpc) is 3.39. The zero-order chi connectivity index (χ0) is 22.6. The predicted molar refractivity (Wildman–Crippen MR) is 122 cm³/mol. The van der Waals surface area contributed by atoms with E-state index in [0.29, 0.717) is 17.4 Å². The van der Waals surface area contributed by atoms with Gasteiger partial charge in [-0.25, -0.2) is 17.4 Å². The van der Waals surface area contributed by atoms with Crippen LogP contribution in [0.3, 0.4) is 0 Å². The summed E-state index contributed by atoms with van der Waals surface area (Å²) in [4.78, 5) is 14.1. The van der Waals surface area contributed by atoms with Crippen LogP contribution >= 0.6 is 23.1 Å². The highest BCUT2D eigenvalue weighted by Gasteiger charge is 2.22. The minimum atomic E-state index is -3.60. The number of benzene rings is 1. The first kappa shape index (κ1) is 23.4. The first-order chi connectivity index (χ1) is 14.7. The van der Waals surface area contributed by atoms with Crippen molar-refractivity contribution >= 4 is 44.7 Å². The number of nitrogens with one attached hydrogen (secondary N) is 1. The number of carbonyl (C=O) groups excluding carboxylic acids is 1. The number of sulfonamides is 1. The van der Waals surface area contributed by atoms with E-state index in [9.17, 15) is 13.2 Å². The summed E-state index contributed by atoms with van der Waals surface area (Å²) in [7, 11) is -0.662. The van der Waals surface area contributed by atoms with Gasteiger partial charge in [0.1, 0.15) is 0 Å². The van der Waals surface area contributed by atoms with E-state index in [1.807, 2.05) is 18.4 Å². The molecule has 3 rings (SSSR count). The zero-order valence-electron chi connectivity index (χ0n) is 17.6. The highest BCUT2D eigenvalue weighted by atomic mass is 32.2. The lowest BCUT2D eigenvalue weighted by molar-refractivity contribution is -0.115. The van der Waals surface area contributed by atoms with E-state index in [0.717, 1.165) is 16.3 Å². The molecule has 0 radical (unpaired) electrons. The van der Waals surface area contributed by atoms with E-state index < -0.39 is 15.3 Å². The molecular weight excluding hydrogens is 456 g/mol. The van der Waals surface area contributed by atoms with Gasteiger partial charge < -0.3 is 5.32 Å². The van der Waals surface area contributed by atoms with E-state index in [1.54, 1.807) is 29.0 Å². The van der Waals surface area contributed by atoms with Gasteiger partial charge in [-0.3, -0.25) is 4.79 Å². The molecule has 2 aromatic heterocycles. The highest BCUT2D eigenvalue weighted by Crippen LogP contribution is 2.25. The summed E-state index contributed by atoms with van der Waals surface area (Å²) in [6.45, 7) is 4.19. The molecule has 2 heterocycles. The molecule has 12 heteroatoms. The van der Waals surface area contributed by atoms with Gasteiger partial charge in [0, 0.05) is 31.1 Å². The van der Waals surface area contributed by atoms with Crippen molar-refractivity contribution in [3.05, 3.63) is 46.2 Å². The van der Waals surface area contributed by atoms with Crippen LogP contribution in [-0.4, -0.2) is 58.2 Å². The molecule has 0 bridgehead atoms. The van der Waals surface area contributed by atoms with E-state index >= 15 is 0 Å². The standard InChI is InChI=1S/C19H24N6O3S3/c1-13-7-8-16(31(27,28)24(3)4)12-17(13)20-18(26)14(2)30-19-21-22-23-25(19)10-9-15-6-5-11-29-15/h5-8,11-12,14H,9-10H2,1-4H3,(H,20,26). The molecular formula is C19H24N6O3S3. The lowest BCUT2D eigenvalue weighted by atomic mass is 10.2. The molecule has 0 saturated heterocycles. The number of carbonyl (C=O) groups is 1. The Kier molecular flexibility index (Phi) is 7.46. The Balaban J connectivity index is 1.67. The summed E-state index contributed by atoms with van der Waals surface area (Å²) < 4.78 is 27.6. The van der Waals surface area contributed by atoms with Crippen LogP contribution in [0.25, 0.3) is 0 Å². The fourth-order valence-electron chi connectivity index (χ4n) is 2.65. The Morgan fingerprint density at radius 3 is 2.77 bits per heavy atom. The Morgan fingerprint density at radius 2 is 2.10 bits per heavy atom. The van der Waals surface area contributed by atoms with Crippen LogP contribution < -0.4 is 5.32 Å². The summed E-state index contributed by atoms with van der Waals surface area (Å²) in [6.07, 6.45) is 0.809. The van der Waals surface area contributed by atoms with Gasteiger partial charge in [0.2, 0.25) is 21.1 Å². The van der Waals surface area contributed by atoms with Crippen LogP contribution in [0, 0.1) is 6.92 Å². The van der Waals surface area contributed by atoms with Crippen molar-refractivity contribution in [2.75, 3.05) is 19.4 Å². The summed E-state index contributed by atoms with van der Waals surface area (Å²) >= 11 is 2.93. The number of amides is 1. The van der Waals surface area contributed by atoms with Gasteiger partial charge in [-0.05, 0) is 53.4 Å². The topological polar surface area (TPSA) is 110 Å². The van der Waals surface area contributed by atoms with E-state index in [-0.39, 0.29) is 10.8 Å². The second-order valence-corrected chi connectivity index (χ2v) is 11.5. The third-order valence-corrected chi connectivity index (χ3v) is 8.36. The number of rotatable bonds is 9. The van der Waals surface area contributed by atoms with Crippen LogP contribution in [-0.2, 0) is 27.8 Å². The molecule has 0 aliphatic rings. The normalized spacial score (nSPS) is 12.8. The average molecular weight is 481 g/mol. The number of thiophene rings is 1. The van der Waals surface area contributed by atoms with Gasteiger partial charge in [0.05, 0.1) is 16.7 Å². The minimum Gasteiger partial charge on any atom is -0.325 e. The molecule has 0 fully saturated rings. The summed E-state index contributed by atoms with van der Waals surface area (Å²) in [5, 5.41) is 16.7. The van der Waals surface area contributed by atoms with Crippen molar-refractivity contribution in [3.8, 4) is 0 Å². The van der Waals surface area contributed by atoms with Gasteiger partial charge in [0.25, 0.3) is 0 Å². The number of aryl methyl sites for hydroxylation is 3. The number of tetrazole rings is 1. The van der Waals surface area contributed by atoms with Crippen LogP contribution in [0.1, 0.15) is 17.4 Å². The van der Waals surface area contributed by atoms with Crippen molar-refractivity contribution in [2.45, 2.75) is 42.1 Å². The maximum absolute atomic E-state index is 12.8. The molecule has 166 valence electrons. The van der Waals surface area contributed by atoms with Crippen LogP contribution in [0.15, 0.2) is 45.8 Å². The number of hydrogen-bond acceptors (Lipinski definition) is 8. The molecule has 1 unspecified atom stereocenters. The van der Waals surface area contributed by atoms with E-state index in [2.05, 4.69) is 26.9 Å². The van der Waals surface area contributed by atoms with Crippen molar-refractivity contribution in [1.82, 2.24) is 24.5 Å². The Labute approximate surface area is 189 Å². The van der Waals surface area contributed by atoms with Gasteiger partial charge in [0.15, 0.2) is 0 Å². The first-order valence-corrected chi connectivity index (χ1v) is 12.7. The monoisotopic (exact) mass is 480 g/mol. The molecule has 9 nitrogen and oxygen atoms in total. The van der Waals surface area contributed by atoms with Crippen molar-refractivity contribution < 1.29 is 13.2 Å². The van der Waals surface area contributed by atoms with Crippen molar-refractivity contribution in [3.63, 3.8) is 0 Å². The van der Waals surface area contributed by atoms with Crippen LogP contribution in [0.4, 0.5) is 5.69 Å². The van der Waals surface area contributed by atoms with E-state index in [4.69, 9.17) is 0 Å². The lowest BCUT2D eigenvalue weighted by Crippen LogP contribution is -2.25. The molecule has 1 N–H and O–H groups in total. The van der Waals surface area contributed by atoms with Crippen LogP contribution in [0.5, 0.6) is 0 Å². The largest absolute Gasteiger partial charge is 0.325 e. The third-order valence-electron chi connectivity index (χ3n) is 4.55. The molecule has 1 amide bonds. The smallest absolute Gasteiger partial charge is 0.242 e. The fraction of sp³-hybridized carbons (Fsp3) is 0.368. The highest BCUT2D eigenvalue weighted by molar-refractivity contribution is 8.00.